The summed E-state index contributed by atoms with van der Waals surface area (Å²) in [5.41, 5.74) is 7.05. The first kappa shape index (κ1) is 12.5. The van der Waals surface area contributed by atoms with E-state index in [1.165, 1.54) is 6.42 Å². The Morgan fingerprint density at radius 2 is 1.89 bits per heavy atom. The Hall–Kier alpha value is -1.55. The molecule has 0 radical (unpaired) electrons. The third-order valence-corrected chi connectivity index (χ3v) is 4.41. The molecule has 1 amide bonds. The van der Waals surface area contributed by atoms with E-state index in [0.717, 1.165) is 30.2 Å². The Kier molecular flexibility index (Phi) is 3.19. The summed E-state index contributed by atoms with van der Waals surface area (Å²) in [6.45, 7) is 0.272. The molecule has 3 atom stereocenters. The van der Waals surface area contributed by atoms with Crippen LogP contribution in [0.1, 0.15) is 30.9 Å². The van der Waals surface area contributed by atoms with Crippen molar-refractivity contribution in [3.05, 3.63) is 29.8 Å². The van der Waals surface area contributed by atoms with Crippen LogP contribution in [0.25, 0.3) is 0 Å². The van der Waals surface area contributed by atoms with Crippen LogP contribution in [-0.4, -0.2) is 17.6 Å². The first-order chi connectivity index (χ1) is 9.13. The van der Waals surface area contributed by atoms with Crippen LogP contribution in [0.15, 0.2) is 24.3 Å². The highest BCUT2D eigenvalue weighted by atomic mass is 16.3. The summed E-state index contributed by atoms with van der Waals surface area (Å²) in [5.74, 6) is 1.87. The molecular weight excluding hydrogens is 240 g/mol. The van der Waals surface area contributed by atoms with E-state index >= 15 is 0 Å². The van der Waals surface area contributed by atoms with Crippen molar-refractivity contribution >= 4 is 11.6 Å². The number of hydrogen-bond acceptors (Lipinski definition) is 3. The molecule has 2 saturated carbocycles. The van der Waals surface area contributed by atoms with Gasteiger partial charge in [0, 0.05) is 18.2 Å². The molecule has 3 rings (SSSR count). The summed E-state index contributed by atoms with van der Waals surface area (Å²) in [6, 6.07) is 7.09. The maximum absolute atomic E-state index is 12.0. The van der Waals surface area contributed by atoms with Gasteiger partial charge in [-0.05, 0) is 48.8 Å². The molecular formula is C15H20N2O2. The third kappa shape index (κ3) is 2.73. The lowest BCUT2D eigenvalue weighted by molar-refractivity contribution is -0.125. The highest BCUT2D eigenvalue weighted by Gasteiger charge is 2.47. The minimum atomic E-state index is -0.666. The van der Waals surface area contributed by atoms with E-state index in [4.69, 9.17) is 5.73 Å². The Labute approximate surface area is 113 Å². The fourth-order valence-electron chi connectivity index (χ4n) is 3.11. The summed E-state index contributed by atoms with van der Waals surface area (Å²) in [4.78, 5) is 12.0. The average molecular weight is 260 g/mol. The van der Waals surface area contributed by atoms with E-state index in [1.807, 2.05) is 0 Å². The van der Waals surface area contributed by atoms with Gasteiger partial charge >= 0.3 is 0 Å². The summed E-state index contributed by atoms with van der Waals surface area (Å²) in [6.07, 6.45) is 2.72. The number of fused-ring (bicyclic) bond motifs is 1. The highest BCUT2D eigenvalue weighted by molar-refractivity contribution is 5.79. The van der Waals surface area contributed by atoms with E-state index in [1.54, 1.807) is 24.3 Å². The molecule has 4 N–H and O–H groups in total. The molecule has 2 aliphatic carbocycles. The molecule has 0 saturated heterocycles. The molecule has 3 unspecified atom stereocenters. The van der Waals surface area contributed by atoms with Crippen LogP contribution in [0, 0.1) is 17.8 Å². The Morgan fingerprint density at radius 1 is 1.26 bits per heavy atom. The van der Waals surface area contributed by atoms with Crippen LogP contribution >= 0.6 is 0 Å². The van der Waals surface area contributed by atoms with Crippen molar-refractivity contribution in [1.82, 2.24) is 5.32 Å². The van der Waals surface area contributed by atoms with Gasteiger partial charge in [0.1, 0.15) is 0 Å². The number of rotatable bonds is 4. The van der Waals surface area contributed by atoms with Crippen LogP contribution in [-0.2, 0) is 4.79 Å². The quantitative estimate of drug-likeness (QED) is 0.717. The summed E-state index contributed by atoms with van der Waals surface area (Å²) in [7, 11) is 0. The maximum Gasteiger partial charge on any atom is 0.223 e. The molecule has 4 nitrogen and oxygen atoms in total. The van der Waals surface area contributed by atoms with Gasteiger partial charge in [-0.1, -0.05) is 12.1 Å². The van der Waals surface area contributed by atoms with Gasteiger partial charge < -0.3 is 16.2 Å². The van der Waals surface area contributed by atoms with Crippen molar-refractivity contribution in [3.8, 4) is 0 Å². The molecule has 0 spiro atoms. The van der Waals surface area contributed by atoms with Crippen LogP contribution < -0.4 is 11.1 Å². The van der Waals surface area contributed by atoms with Crippen molar-refractivity contribution in [2.45, 2.75) is 25.4 Å². The minimum absolute atomic E-state index is 0.0988. The minimum Gasteiger partial charge on any atom is -0.399 e. The van der Waals surface area contributed by atoms with Gasteiger partial charge in [0.2, 0.25) is 5.91 Å². The van der Waals surface area contributed by atoms with Crippen molar-refractivity contribution in [1.29, 1.82) is 0 Å². The van der Waals surface area contributed by atoms with E-state index in [9.17, 15) is 9.90 Å². The predicted molar refractivity (Wildman–Crippen MR) is 73.1 cm³/mol. The number of hydrogen-bond donors (Lipinski definition) is 3. The number of carbonyl (C=O) groups is 1. The highest BCUT2D eigenvalue weighted by Crippen LogP contribution is 2.54. The van der Waals surface area contributed by atoms with E-state index in [-0.39, 0.29) is 18.4 Å². The molecule has 0 aromatic heterocycles. The summed E-state index contributed by atoms with van der Waals surface area (Å²) in [5, 5.41) is 12.9. The Balaban J connectivity index is 1.48. The normalized spacial score (nSPS) is 29.6. The van der Waals surface area contributed by atoms with Gasteiger partial charge in [-0.15, -0.1) is 0 Å². The summed E-state index contributed by atoms with van der Waals surface area (Å²) >= 11 is 0. The number of aliphatic hydroxyl groups excluding tert-OH is 1. The van der Waals surface area contributed by atoms with Crippen LogP contribution in [0.3, 0.4) is 0 Å². The SMILES string of the molecule is Nc1ccc(C(O)CNC(=O)C2CC3CC3C2)cc1. The predicted octanol–water partition coefficient (Wildman–Crippen LogP) is 1.46. The lowest BCUT2D eigenvalue weighted by atomic mass is 10.0. The Bertz CT molecular complexity index is 462. The van der Waals surface area contributed by atoms with Gasteiger partial charge in [-0.3, -0.25) is 4.79 Å². The molecule has 0 heterocycles. The topological polar surface area (TPSA) is 75.3 Å². The lowest BCUT2D eigenvalue weighted by Gasteiger charge is -2.16. The molecule has 0 bridgehead atoms. The number of aliphatic hydroxyl groups is 1. The van der Waals surface area contributed by atoms with Crippen molar-refractivity contribution in [2.24, 2.45) is 17.8 Å². The zero-order chi connectivity index (χ0) is 13.4. The first-order valence-electron chi connectivity index (χ1n) is 6.94. The second-order valence-electron chi connectivity index (χ2n) is 5.85. The van der Waals surface area contributed by atoms with E-state index in [0.29, 0.717) is 5.69 Å². The second kappa shape index (κ2) is 4.85. The molecule has 4 heteroatoms. The van der Waals surface area contributed by atoms with Gasteiger partial charge in [0.15, 0.2) is 0 Å². The van der Waals surface area contributed by atoms with Crippen LogP contribution in [0.4, 0.5) is 5.69 Å². The lowest BCUT2D eigenvalue weighted by Crippen LogP contribution is -2.33. The monoisotopic (exact) mass is 260 g/mol. The van der Waals surface area contributed by atoms with Crippen LogP contribution in [0.5, 0.6) is 0 Å². The maximum atomic E-state index is 12.0. The number of anilines is 1. The third-order valence-electron chi connectivity index (χ3n) is 4.41. The van der Waals surface area contributed by atoms with E-state index in [2.05, 4.69) is 5.32 Å². The molecule has 1 aromatic rings. The summed E-state index contributed by atoms with van der Waals surface area (Å²) < 4.78 is 0. The number of carbonyl (C=O) groups excluding carboxylic acids is 1. The molecule has 1 aromatic carbocycles. The zero-order valence-corrected chi connectivity index (χ0v) is 10.9. The zero-order valence-electron chi connectivity index (χ0n) is 10.9. The van der Waals surface area contributed by atoms with Crippen molar-refractivity contribution in [3.63, 3.8) is 0 Å². The number of nitrogens with two attached hydrogens (primary N) is 1. The van der Waals surface area contributed by atoms with Crippen LogP contribution in [0.2, 0.25) is 0 Å². The first-order valence-corrected chi connectivity index (χ1v) is 6.94. The average Bonchev–Trinajstić information content (AvgIpc) is 3.03. The number of benzene rings is 1. The largest absolute Gasteiger partial charge is 0.399 e. The van der Waals surface area contributed by atoms with Gasteiger partial charge in [-0.2, -0.15) is 0 Å². The smallest absolute Gasteiger partial charge is 0.223 e. The number of nitrogens with one attached hydrogen (secondary N) is 1. The fraction of sp³-hybridized carbons (Fsp3) is 0.533. The fourth-order valence-corrected chi connectivity index (χ4v) is 3.11. The van der Waals surface area contributed by atoms with Crippen molar-refractivity contribution < 1.29 is 9.90 Å². The molecule has 2 aliphatic rings. The molecule has 102 valence electrons. The molecule has 2 fully saturated rings. The molecule has 0 aliphatic heterocycles. The van der Waals surface area contributed by atoms with Crippen molar-refractivity contribution in [2.75, 3.05) is 12.3 Å². The second-order valence-corrected chi connectivity index (χ2v) is 5.85. The number of amides is 1. The number of nitrogen functional groups attached to an aromatic ring is 1. The Morgan fingerprint density at radius 3 is 2.53 bits per heavy atom. The van der Waals surface area contributed by atoms with Gasteiger partial charge in [0.25, 0.3) is 0 Å². The molecule has 19 heavy (non-hydrogen) atoms. The standard InChI is InChI=1S/C15H20N2O2/c16-13-3-1-9(2-4-13)14(18)8-17-15(19)12-6-10-5-11(10)7-12/h1-4,10-12,14,18H,5-8,16H2,(H,17,19). The van der Waals surface area contributed by atoms with E-state index < -0.39 is 6.10 Å². The van der Waals surface area contributed by atoms with Gasteiger partial charge in [0.05, 0.1) is 6.10 Å². The van der Waals surface area contributed by atoms with Gasteiger partial charge in [-0.25, -0.2) is 0 Å².